The fraction of sp³-hybridized carbons (Fsp3) is 0.167. The predicted octanol–water partition coefficient (Wildman–Crippen LogP) is 8.46. The second-order valence-corrected chi connectivity index (χ2v) is 10.4. The maximum Gasteiger partial charge on any atom is 0.407 e. The molecule has 9 heteroatoms. The molecular weight excluding hydrogens is 523 g/mol. The first-order valence-corrected chi connectivity index (χ1v) is 12.8. The molecule has 0 aliphatic carbocycles. The summed E-state index contributed by atoms with van der Waals surface area (Å²) in [6.45, 7) is 13.1. The van der Waals surface area contributed by atoms with Gasteiger partial charge in [0.1, 0.15) is 11.5 Å². The molecule has 0 amide bonds. The van der Waals surface area contributed by atoms with E-state index in [-0.39, 0.29) is 12.2 Å². The van der Waals surface area contributed by atoms with Gasteiger partial charge >= 0.3 is 6.18 Å². The van der Waals surface area contributed by atoms with E-state index in [4.69, 9.17) is 11.3 Å². The summed E-state index contributed by atoms with van der Waals surface area (Å²) in [6, 6.07) is 18.6. The second-order valence-electron chi connectivity index (χ2n) is 9.21. The summed E-state index contributed by atoms with van der Waals surface area (Å²) >= 11 is 1.58. The van der Waals surface area contributed by atoms with Crippen molar-refractivity contribution in [2.24, 2.45) is 0 Å². The molecule has 0 N–H and O–H groups in total. The Morgan fingerprint density at radius 3 is 2.36 bits per heavy atom. The highest BCUT2D eigenvalue weighted by Crippen LogP contribution is 2.38. The van der Waals surface area contributed by atoms with Crippen molar-refractivity contribution in [3.63, 3.8) is 0 Å². The van der Waals surface area contributed by atoms with Gasteiger partial charge in [-0.15, -0.1) is 11.3 Å². The number of thiazole rings is 1. The molecule has 0 unspecified atom stereocenters. The highest BCUT2D eigenvalue weighted by atomic mass is 32.1. The molecule has 39 heavy (non-hydrogen) atoms. The molecule has 0 aliphatic heterocycles. The maximum absolute atomic E-state index is 13.9. The quantitative estimate of drug-likeness (QED) is 0.208. The molecule has 0 fully saturated rings. The number of hydrogen-bond acceptors (Lipinski definition) is 4. The average Bonchev–Trinajstić information content (AvgIpc) is 3.25. The van der Waals surface area contributed by atoms with Crippen LogP contribution in [-0.4, -0.2) is 9.55 Å². The number of fused-ring (bicyclic) bond motifs is 1. The van der Waals surface area contributed by atoms with E-state index in [1.165, 1.54) is 4.57 Å². The lowest BCUT2D eigenvalue weighted by atomic mass is 10.0. The third-order valence-corrected chi connectivity index (χ3v) is 7.32. The minimum atomic E-state index is -4.86. The SMILES string of the molecule is [C-]#[N+]c1c(C(F)(F)F)cc(-c2ccc(Oc3ccc4sc(C)nc4c3)cc2)n(Cc2ccc(C)cc2C)c1=O. The second kappa shape index (κ2) is 10.0. The minimum Gasteiger partial charge on any atom is -0.457 e. The molecule has 0 saturated heterocycles. The highest BCUT2D eigenvalue weighted by molar-refractivity contribution is 7.18. The van der Waals surface area contributed by atoms with Gasteiger partial charge in [0.15, 0.2) is 0 Å². The lowest BCUT2D eigenvalue weighted by Crippen LogP contribution is -2.25. The molecule has 5 rings (SSSR count). The third kappa shape index (κ3) is 5.29. The van der Waals surface area contributed by atoms with Crippen LogP contribution in [0.5, 0.6) is 11.5 Å². The molecule has 0 aliphatic rings. The zero-order chi connectivity index (χ0) is 27.9. The number of hydrogen-bond donors (Lipinski definition) is 0. The van der Waals surface area contributed by atoms with E-state index in [0.717, 1.165) is 38.0 Å². The number of ether oxygens (including phenoxy) is 1. The minimum absolute atomic E-state index is 0.0201. The van der Waals surface area contributed by atoms with Crippen molar-refractivity contribution in [2.75, 3.05) is 0 Å². The van der Waals surface area contributed by atoms with Crippen molar-refractivity contribution in [1.82, 2.24) is 9.55 Å². The van der Waals surface area contributed by atoms with Crippen LogP contribution in [0.1, 0.15) is 27.3 Å². The molecule has 0 saturated carbocycles. The number of benzene rings is 3. The molecule has 0 bridgehead atoms. The Morgan fingerprint density at radius 2 is 1.69 bits per heavy atom. The molecular formula is C30H22F3N3O2S. The van der Waals surface area contributed by atoms with Crippen LogP contribution < -0.4 is 10.3 Å². The van der Waals surface area contributed by atoms with Crippen molar-refractivity contribution >= 4 is 27.2 Å². The molecule has 0 radical (unpaired) electrons. The number of alkyl halides is 3. The summed E-state index contributed by atoms with van der Waals surface area (Å²) < 4.78 is 49.9. The first-order chi connectivity index (χ1) is 18.5. The Morgan fingerprint density at radius 1 is 0.974 bits per heavy atom. The monoisotopic (exact) mass is 545 g/mol. The summed E-state index contributed by atoms with van der Waals surface area (Å²) in [5, 5.41) is 0.945. The lowest BCUT2D eigenvalue weighted by molar-refractivity contribution is -0.136. The summed E-state index contributed by atoms with van der Waals surface area (Å²) in [5.74, 6) is 1.05. The van der Waals surface area contributed by atoms with Crippen molar-refractivity contribution in [2.45, 2.75) is 33.5 Å². The molecule has 5 nitrogen and oxygen atoms in total. The number of rotatable bonds is 5. The van der Waals surface area contributed by atoms with E-state index in [0.29, 0.717) is 17.1 Å². The van der Waals surface area contributed by atoms with Gasteiger partial charge in [0.05, 0.1) is 33.9 Å². The fourth-order valence-electron chi connectivity index (χ4n) is 4.47. The highest BCUT2D eigenvalue weighted by Gasteiger charge is 2.36. The van der Waals surface area contributed by atoms with Gasteiger partial charge in [0.2, 0.25) is 0 Å². The fourth-order valence-corrected chi connectivity index (χ4v) is 5.27. The van der Waals surface area contributed by atoms with Gasteiger partial charge < -0.3 is 9.30 Å². The van der Waals surface area contributed by atoms with Gasteiger partial charge in [-0.25, -0.2) is 9.83 Å². The standard InChI is InChI=1S/C30H22F3N3O2S/c1-17-5-6-21(18(2)13-17)16-36-26(15-24(30(31,32)33)28(34-4)29(36)37)20-7-9-22(10-8-20)38-23-11-12-27-25(14-23)35-19(3)39-27/h5-15H,16H2,1-3H3. The number of pyridine rings is 1. The van der Waals surface area contributed by atoms with Crippen LogP contribution in [-0.2, 0) is 12.7 Å². The van der Waals surface area contributed by atoms with Crippen LogP contribution in [0.2, 0.25) is 0 Å². The Bertz CT molecular complexity index is 1810. The van der Waals surface area contributed by atoms with Gasteiger partial charge in [0.25, 0.3) is 11.2 Å². The van der Waals surface area contributed by atoms with Crippen molar-refractivity contribution in [3.05, 3.63) is 116 Å². The molecule has 0 spiro atoms. The lowest BCUT2D eigenvalue weighted by Gasteiger charge is -2.19. The molecule has 0 atom stereocenters. The number of halogens is 3. The molecule has 196 valence electrons. The largest absolute Gasteiger partial charge is 0.457 e. The summed E-state index contributed by atoms with van der Waals surface area (Å²) in [5.41, 5.74) is 0.786. The predicted molar refractivity (Wildman–Crippen MR) is 147 cm³/mol. The normalized spacial score (nSPS) is 11.5. The Hall–Kier alpha value is -4.42. The summed E-state index contributed by atoms with van der Waals surface area (Å²) in [7, 11) is 0. The van der Waals surface area contributed by atoms with Gasteiger partial charge in [-0.1, -0.05) is 23.8 Å². The Kier molecular flexibility index (Phi) is 6.74. The molecule has 3 aromatic carbocycles. The summed E-state index contributed by atoms with van der Waals surface area (Å²) in [4.78, 5) is 20.7. The van der Waals surface area contributed by atoms with E-state index in [1.54, 1.807) is 35.6 Å². The van der Waals surface area contributed by atoms with Crippen LogP contribution >= 0.6 is 11.3 Å². The topological polar surface area (TPSA) is 48.5 Å². The Balaban J connectivity index is 1.57. The van der Waals surface area contributed by atoms with Crippen molar-refractivity contribution < 1.29 is 17.9 Å². The number of aromatic nitrogens is 2. The van der Waals surface area contributed by atoms with Crippen LogP contribution in [0.4, 0.5) is 18.9 Å². The third-order valence-electron chi connectivity index (χ3n) is 6.37. The van der Waals surface area contributed by atoms with Crippen LogP contribution in [0, 0.1) is 27.3 Å². The molecule has 2 heterocycles. The van der Waals surface area contributed by atoms with Crippen LogP contribution in [0.25, 0.3) is 26.3 Å². The van der Waals surface area contributed by atoms with Crippen molar-refractivity contribution in [1.29, 1.82) is 0 Å². The van der Waals surface area contributed by atoms with Crippen LogP contribution in [0.15, 0.2) is 71.5 Å². The van der Waals surface area contributed by atoms with Gasteiger partial charge in [0, 0.05) is 11.8 Å². The van der Waals surface area contributed by atoms with Gasteiger partial charge in [-0.2, -0.15) is 13.2 Å². The van der Waals surface area contributed by atoms with Gasteiger partial charge in [-0.3, -0.25) is 4.79 Å². The molecule has 5 aromatic rings. The van der Waals surface area contributed by atoms with Crippen molar-refractivity contribution in [3.8, 4) is 22.8 Å². The Labute approximate surface area is 226 Å². The number of nitrogens with zero attached hydrogens (tertiary/aromatic N) is 3. The zero-order valence-corrected chi connectivity index (χ0v) is 22.1. The summed E-state index contributed by atoms with van der Waals surface area (Å²) in [6.07, 6.45) is -4.86. The first-order valence-electron chi connectivity index (χ1n) is 12.0. The average molecular weight is 546 g/mol. The maximum atomic E-state index is 13.9. The van der Waals surface area contributed by atoms with E-state index < -0.39 is 23.0 Å². The molecule has 2 aromatic heterocycles. The zero-order valence-electron chi connectivity index (χ0n) is 21.3. The van der Waals surface area contributed by atoms with E-state index in [9.17, 15) is 18.0 Å². The van der Waals surface area contributed by atoms with Crippen LogP contribution in [0.3, 0.4) is 0 Å². The smallest absolute Gasteiger partial charge is 0.407 e. The van der Waals surface area contributed by atoms with E-state index >= 15 is 0 Å². The van der Waals surface area contributed by atoms with E-state index in [1.807, 2.05) is 57.2 Å². The first kappa shape index (κ1) is 26.2. The van der Waals surface area contributed by atoms with E-state index in [2.05, 4.69) is 9.83 Å². The number of aryl methyl sites for hydroxylation is 3. The van der Waals surface area contributed by atoms with Gasteiger partial charge in [-0.05, 0) is 79.9 Å².